The number of hydrogen-bond acceptors (Lipinski definition) is 4. The van der Waals surface area contributed by atoms with Gasteiger partial charge >= 0.3 is 7.82 Å². The normalized spacial score (nSPS) is 12.6. The third-order valence-electron chi connectivity index (χ3n) is 1.32. The van der Waals surface area contributed by atoms with Crippen LogP contribution < -0.4 is 0 Å². The first-order valence-corrected chi connectivity index (χ1v) is 5.08. The summed E-state index contributed by atoms with van der Waals surface area (Å²) in [5.41, 5.74) is 0.276. The molecule has 0 bridgehead atoms. The number of phosphoric ester groups is 1. The van der Waals surface area contributed by atoms with Crippen molar-refractivity contribution in [3.05, 3.63) is 35.9 Å². The van der Waals surface area contributed by atoms with E-state index in [0.717, 1.165) is 0 Å². The highest BCUT2D eigenvalue weighted by Gasteiger charge is 2.20. The monoisotopic (exact) mass is 217 g/mol. The maximum atomic E-state index is 10.5. The summed E-state index contributed by atoms with van der Waals surface area (Å²) in [4.78, 5) is 17.0. The molecule has 0 unspecified atom stereocenters. The average molecular weight is 217 g/mol. The molecule has 14 heavy (non-hydrogen) atoms. The van der Waals surface area contributed by atoms with Crippen molar-refractivity contribution in [3.8, 4) is 0 Å². The molecule has 76 valence electrons. The molecule has 0 saturated heterocycles. The molecule has 0 saturated carbocycles. The number of oxime groups is 1. The average Bonchev–Trinajstić information content (AvgIpc) is 2.14. The molecule has 0 heterocycles. The second-order valence-corrected chi connectivity index (χ2v) is 3.52. The third-order valence-corrected chi connectivity index (χ3v) is 1.73. The molecule has 0 aliphatic heterocycles. The summed E-state index contributed by atoms with van der Waals surface area (Å²) in [6.45, 7) is 0. The van der Waals surface area contributed by atoms with Crippen molar-refractivity contribution in [2.75, 3.05) is 0 Å². The Hall–Kier alpha value is -1.36. The fourth-order valence-corrected chi connectivity index (χ4v) is 1.19. The summed E-state index contributed by atoms with van der Waals surface area (Å²) in [5, 5.41) is 11.1. The lowest BCUT2D eigenvalue weighted by atomic mass is 10.2. The largest absolute Gasteiger partial charge is 0.526 e. The van der Waals surface area contributed by atoms with Gasteiger partial charge < -0.3 is 9.73 Å². The summed E-state index contributed by atoms with van der Waals surface area (Å²) in [6, 6.07) is 7.92. The minimum atomic E-state index is -4.69. The summed E-state index contributed by atoms with van der Waals surface area (Å²) in [6.07, 6.45) is 0. The molecule has 1 rings (SSSR count). The second-order valence-electron chi connectivity index (χ2n) is 2.35. The van der Waals surface area contributed by atoms with Crippen LogP contribution in [0.25, 0.3) is 0 Å². The minimum Gasteiger partial charge on any atom is -0.408 e. The Morgan fingerprint density at radius 3 is 2.29 bits per heavy atom. The lowest BCUT2D eigenvalue weighted by Gasteiger charge is -2.07. The van der Waals surface area contributed by atoms with Crippen LogP contribution in [0, 0.1) is 0 Å². The lowest BCUT2D eigenvalue weighted by Crippen LogP contribution is -2.04. The smallest absolute Gasteiger partial charge is 0.408 e. The molecular formula is C7H8NO5P. The fraction of sp³-hybridized carbons (Fsp3) is 0. The van der Waals surface area contributed by atoms with Gasteiger partial charge in [0.1, 0.15) is 0 Å². The molecule has 0 fully saturated rings. The van der Waals surface area contributed by atoms with E-state index < -0.39 is 13.7 Å². The fourth-order valence-electron chi connectivity index (χ4n) is 0.822. The van der Waals surface area contributed by atoms with Crippen molar-refractivity contribution in [1.82, 2.24) is 0 Å². The molecule has 0 aliphatic rings. The molecule has 1 aromatic carbocycles. The summed E-state index contributed by atoms with van der Waals surface area (Å²) < 4.78 is 14.6. The van der Waals surface area contributed by atoms with E-state index in [9.17, 15) is 4.57 Å². The minimum absolute atomic E-state index is 0.276. The Kier molecular flexibility index (Phi) is 3.24. The van der Waals surface area contributed by atoms with Gasteiger partial charge in [-0.15, -0.1) is 0 Å². The number of nitrogens with zero attached hydrogens (tertiary/aromatic N) is 1. The van der Waals surface area contributed by atoms with Gasteiger partial charge in [0.05, 0.1) is 0 Å². The Morgan fingerprint density at radius 1 is 1.29 bits per heavy atom. The van der Waals surface area contributed by atoms with E-state index in [1.54, 1.807) is 18.2 Å². The topological polar surface area (TPSA) is 99.4 Å². The van der Waals surface area contributed by atoms with E-state index >= 15 is 0 Å². The summed E-state index contributed by atoms with van der Waals surface area (Å²) in [7, 11) is -4.69. The number of rotatable bonds is 2. The van der Waals surface area contributed by atoms with Crippen molar-refractivity contribution < 1.29 is 24.1 Å². The Bertz CT molecular complexity index is 371. The van der Waals surface area contributed by atoms with Crippen LogP contribution in [0.2, 0.25) is 0 Å². The Morgan fingerprint density at radius 2 is 1.86 bits per heavy atom. The molecule has 0 radical (unpaired) electrons. The van der Waals surface area contributed by atoms with Crippen LogP contribution in [0.5, 0.6) is 0 Å². The van der Waals surface area contributed by atoms with Crippen LogP contribution in [0.4, 0.5) is 0 Å². The van der Waals surface area contributed by atoms with Crippen LogP contribution in [0.15, 0.2) is 35.5 Å². The van der Waals surface area contributed by atoms with E-state index in [1.165, 1.54) is 12.1 Å². The molecule has 6 nitrogen and oxygen atoms in total. The highest BCUT2D eigenvalue weighted by atomic mass is 31.2. The number of phosphoric acid groups is 1. The van der Waals surface area contributed by atoms with Gasteiger partial charge in [-0.2, -0.15) is 0 Å². The van der Waals surface area contributed by atoms with E-state index in [4.69, 9.17) is 15.0 Å². The second kappa shape index (κ2) is 4.23. The number of benzene rings is 1. The van der Waals surface area contributed by atoms with Gasteiger partial charge in [-0.3, -0.25) is 9.79 Å². The van der Waals surface area contributed by atoms with Crippen LogP contribution in [0.1, 0.15) is 5.56 Å². The highest BCUT2D eigenvalue weighted by molar-refractivity contribution is 7.47. The van der Waals surface area contributed by atoms with E-state index in [-0.39, 0.29) is 5.56 Å². The quantitative estimate of drug-likeness (QED) is 0.225. The first kappa shape index (κ1) is 10.7. The van der Waals surface area contributed by atoms with Crippen molar-refractivity contribution in [2.24, 2.45) is 5.16 Å². The molecule has 3 N–H and O–H groups in total. The summed E-state index contributed by atoms with van der Waals surface area (Å²) >= 11 is 0. The molecule has 0 amide bonds. The van der Waals surface area contributed by atoms with Gasteiger partial charge in [0, 0.05) is 5.56 Å². The zero-order valence-corrected chi connectivity index (χ0v) is 7.83. The van der Waals surface area contributed by atoms with Crippen LogP contribution in [-0.2, 0) is 9.09 Å². The molecule has 0 spiro atoms. The zero-order valence-electron chi connectivity index (χ0n) is 6.94. The van der Waals surface area contributed by atoms with Gasteiger partial charge in [0.15, 0.2) is 0 Å². The third kappa shape index (κ3) is 3.18. The first-order chi connectivity index (χ1) is 6.53. The molecular weight excluding hydrogens is 209 g/mol. The maximum Gasteiger partial charge on any atom is 0.526 e. The first-order valence-electron chi connectivity index (χ1n) is 3.55. The van der Waals surface area contributed by atoms with E-state index in [0.29, 0.717) is 0 Å². The highest BCUT2D eigenvalue weighted by Crippen LogP contribution is 2.37. The molecule has 1 aromatic rings. The van der Waals surface area contributed by atoms with Crippen molar-refractivity contribution >= 4 is 13.7 Å². The van der Waals surface area contributed by atoms with Crippen molar-refractivity contribution in [2.45, 2.75) is 0 Å². The molecule has 7 heteroatoms. The van der Waals surface area contributed by atoms with Crippen LogP contribution in [-0.4, -0.2) is 20.9 Å². The van der Waals surface area contributed by atoms with Gasteiger partial charge in [0.2, 0.25) is 0 Å². The summed E-state index contributed by atoms with van der Waals surface area (Å²) in [5.74, 6) is -0.515. The maximum absolute atomic E-state index is 10.5. The van der Waals surface area contributed by atoms with Crippen LogP contribution >= 0.6 is 7.82 Å². The standard InChI is InChI=1S/C7H8NO5P/c9-8-7(13-14(10,11)12)6-4-2-1-3-5-6/h1-5,9H,(H2,10,11,12). The predicted octanol–water partition coefficient (Wildman–Crippen LogP) is 0.932. The van der Waals surface area contributed by atoms with Crippen molar-refractivity contribution in [1.29, 1.82) is 0 Å². The zero-order chi connectivity index (χ0) is 10.6. The van der Waals surface area contributed by atoms with Gasteiger partial charge in [-0.1, -0.05) is 18.2 Å². The lowest BCUT2D eigenvalue weighted by molar-refractivity contribution is 0.259. The molecule has 0 atom stereocenters. The Balaban J connectivity index is 2.91. The van der Waals surface area contributed by atoms with E-state index in [2.05, 4.69) is 9.68 Å². The predicted molar refractivity (Wildman–Crippen MR) is 47.9 cm³/mol. The number of hydrogen-bond donors (Lipinski definition) is 3. The molecule has 0 aromatic heterocycles. The Labute approximate surface area is 79.7 Å². The van der Waals surface area contributed by atoms with Gasteiger partial charge in [-0.25, -0.2) is 4.57 Å². The van der Waals surface area contributed by atoms with Gasteiger partial charge in [-0.05, 0) is 17.3 Å². The van der Waals surface area contributed by atoms with Crippen molar-refractivity contribution in [3.63, 3.8) is 0 Å². The SMILES string of the molecule is O=P(O)(O)OC(=NO)c1ccccc1. The van der Waals surface area contributed by atoms with E-state index in [1.807, 2.05) is 0 Å². The molecule has 0 aliphatic carbocycles. The van der Waals surface area contributed by atoms with Gasteiger partial charge in [0.25, 0.3) is 5.90 Å². The van der Waals surface area contributed by atoms with Crippen LogP contribution in [0.3, 0.4) is 0 Å².